The molecule has 1 saturated heterocycles. The Hall–Kier alpha value is -7.42. The van der Waals surface area contributed by atoms with Gasteiger partial charge in [0.15, 0.2) is 0 Å². The Morgan fingerprint density at radius 3 is 1.48 bits per heavy atom. The minimum absolute atomic E-state index is 0.00132. The van der Waals surface area contributed by atoms with E-state index in [1.54, 1.807) is 38.6 Å². The first-order valence-corrected chi connectivity index (χ1v) is 28.1. The first-order valence-electron chi connectivity index (χ1n) is 26.1. The van der Waals surface area contributed by atoms with Crippen LogP contribution in [0.5, 0.6) is 0 Å². The zero-order chi connectivity index (χ0) is 54.3. The third kappa shape index (κ3) is 14.1. The summed E-state index contributed by atoms with van der Waals surface area (Å²) in [6.45, 7) is 4.69. The zero-order valence-electron chi connectivity index (χ0n) is 43.7. The van der Waals surface area contributed by atoms with E-state index >= 15 is 0 Å². The monoisotopic (exact) mass is 1070 g/mol. The van der Waals surface area contributed by atoms with Gasteiger partial charge in [0.05, 0.1) is 15.9 Å². The molecule has 0 aromatic heterocycles. The molecule has 4 N–H and O–H groups in total. The summed E-state index contributed by atoms with van der Waals surface area (Å²) in [5.41, 5.74) is 3.96. The lowest BCUT2D eigenvalue weighted by atomic mass is 9.84. The average Bonchev–Trinajstić information content (AvgIpc) is 4.26. The van der Waals surface area contributed by atoms with E-state index in [1.165, 1.54) is 11.8 Å². The molecule has 3 atom stereocenters. The van der Waals surface area contributed by atoms with Crippen LogP contribution in [0.3, 0.4) is 0 Å². The summed E-state index contributed by atoms with van der Waals surface area (Å²) in [5.74, 6) is -3.34. The summed E-state index contributed by atoms with van der Waals surface area (Å²) >= 11 is 3.20. The van der Waals surface area contributed by atoms with Crippen molar-refractivity contribution in [2.75, 3.05) is 18.1 Å². The van der Waals surface area contributed by atoms with E-state index in [2.05, 4.69) is 57.7 Å². The number of hydrogen-bond acceptors (Lipinski definition) is 10. The highest BCUT2D eigenvalue weighted by Crippen LogP contribution is 2.50. The third-order valence-electron chi connectivity index (χ3n) is 13.5. The van der Waals surface area contributed by atoms with Gasteiger partial charge in [-0.2, -0.15) is 0 Å². The zero-order valence-corrected chi connectivity index (χ0v) is 45.3. The number of hydrogen-bond donors (Lipinski definition) is 4. The Morgan fingerprint density at radius 1 is 0.610 bits per heavy atom. The highest BCUT2D eigenvalue weighted by Gasteiger charge is 2.52. The van der Waals surface area contributed by atoms with Gasteiger partial charge in [0.25, 0.3) is 0 Å². The molecule has 398 valence electrons. The number of thioether (sulfide) groups is 2. The largest absolute Gasteiger partial charge is 0.460 e. The van der Waals surface area contributed by atoms with Crippen LogP contribution in [0, 0.1) is 0 Å². The number of carbonyl (C=O) groups excluding carboxylic acids is 6. The summed E-state index contributed by atoms with van der Waals surface area (Å²) in [7, 11) is 0. The second-order valence-electron chi connectivity index (χ2n) is 20.2. The van der Waals surface area contributed by atoms with Crippen molar-refractivity contribution in [3.8, 4) is 0 Å². The Balaban J connectivity index is 1.08. The number of ether oxygens (including phenoxy) is 2. The molecule has 1 spiro atoms. The Bertz CT molecular complexity index is 2780. The van der Waals surface area contributed by atoms with E-state index in [-0.39, 0.29) is 25.0 Å². The lowest BCUT2D eigenvalue weighted by Crippen LogP contribution is -2.59. The van der Waals surface area contributed by atoms with Gasteiger partial charge in [0.2, 0.25) is 23.6 Å². The van der Waals surface area contributed by atoms with Crippen molar-refractivity contribution in [2.24, 2.45) is 0 Å². The molecule has 12 nitrogen and oxygen atoms in total. The second-order valence-corrected chi connectivity index (χ2v) is 22.8. The standard InChI is InChI=1S/C63H66N4O8S2/c1-60(2,3)75-55(69)38-37-52-57(71)66-53(44-77-63(48-30-16-7-17-31-48,49-32-18-8-19-33-49)50-34-20-9-21-35-50)58(72)67-61(39-40-61)59(73)64-43-56(70)74-51(42-54(68)65-52)36-22-23-41-76-62(45-24-10-4-11-25-45,46-26-12-5-13-27-46)47-28-14-6-15-29-47/h4-22,24-36,51-53H,23,37-44H2,1-3H3,(H,64,73)(H,65,68)(H,66,71)(H,67,72)/b36-22+/t51-,52-,53-/m1/s1. The number of esters is 2. The summed E-state index contributed by atoms with van der Waals surface area (Å²) in [6.07, 6.45) is 2.73. The summed E-state index contributed by atoms with van der Waals surface area (Å²) < 4.78 is 10.0. The van der Waals surface area contributed by atoms with Crippen LogP contribution < -0.4 is 21.3 Å². The van der Waals surface area contributed by atoms with E-state index in [9.17, 15) is 28.8 Å². The fourth-order valence-corrected chi connectivity index (χ4v) is 12.7. The van der Waals surface area contributed by atoms with Crippen LogP contribution in [0.4, 0.5) is 0 Å². The first-order chi connectivity index (χ1) is 37.2. The van der Waals surface area contributed by atoms with Gasteiger partial charge in [-0.3, -0.25) is 28.8 Å². The van der Waals surface area contributed by atoms with Gasteiger partial charge in [-0.25, -0.2) is 0 Å². The topological polar surface area (TPSA) is 169 Å². The van der Waals surface area contributed by atoms with E-state index in [1.807, 2.05) is 152 Å². The van der Waals surface area contributed by atoms with Crippen LogP contribution in [0.2, 0.25) is 0 Å². The second kappa shape index (κ2) is 25.6. The van der Waals surface area contributed by atoms with Gasteiger partial charge in [0.1, 0.15) is 35.9 Å². The smallest absolute Gasteiger partial charge is 0.326 e. The van der Waals surface area contributed by atoms with Crippen LogP contribution in [0.25, 0.3) is 0 Å². The van der Waals surface area contributed by atoms with Crippen LogP contribution >= 0.6 is 23.5 Å². The fourth-order valence-electron chi connectivity index (χ4n) is 9.63. The number of rotatable bonds is 17. The number of amides is 4. The lowest BCUT2D eigenvalue weighted by molar-refractivity contribution is -0.155. The number of allylic oxidation sites excluding steroid dienone is 1. The first kappa shape index (κ1) is 55.8. The van der Waals surface area contributed by atoms with E-state index in [0.717, 1.165) is 33.4 Å². The predicted octanol–water partition coefficient (Wildman–Crippen LogP) is 9.56. The van der Waals surface area contributed by atoms with Gasteiger partial charge in [-0.05, 0) is 91.7 Å². The molecule has 4 amide bonds. The molecule has 1 heterocycles. The highest BCUT2D eigenvalue weighted by atomic mass is 32.2. The molecule has 77 heavy (non-hydrogen) atoms. The lowest BCUT2D eigenvalue weighted by Gasteiger charge is -2.37. The molecule has 1 aliphatic heterocycles. The van der Waals surface area contributed by atoms with Gasteiger partial charge in [-0.15, -0.1) is 23.5 Å². The minimum atomic E-state index is -1.34. The molecule has 0 unspecified atom stereocenters. The van der Waals surface area contributed by atoms with Gasteiger partial charge < -0.3 is 30.7 Å². The molecule has 1 saturated carbocycles. The van der Waals surface area contributed by atoms with Crippen LogP contribution in [0.15, 0.2) is 194 Å². The molecule has 8 rings (SSSR count). The Kier molecular flexibility index (Phi) is 18.6. The summed E-state index contributed by atoms with van der Waals surface area (Å²) in [4.78, 5) is 84.5. The highest BCUT2D eigenvalue weighted by molar-refractivity contribution is 8.00. The quantitative estimate of drug-likeness (QED) is 0.0299. The van der Waals surface area contributed by atoms with Crippen molar-refractivity contribution in [1.29, 1.82) is 0 Å². The SMILES string of the molecule is CC(C)(C)OC(=O)CC[C@H]1NC(=O)C[C@@H](/C=C/CCSC(c2ccccc2)(c2ccccc2)c2ccccc2)OC(=O)CNC(=O)C2(CC2)NC(=O)[C@@H](CSC(c2ccccc2)(c2ccccc2)c2ccccc2)NC1=O. The average molecular weight is 1070 g/mol. The van der Waals surface area contributed by atoms with Gasteiger partial charge >= 0.3 is 11.9 Å². The molecule has 6 aromatic rings. The van der Waals surface area contributed by atoms with Gasteiger partial charge in [-0.1, -0.05) is 188 Å². The summed E-state index contributed by atoms with van der Waals surface area (Å²) in [5, 5.41) is 11.3. The number of cyclic esters (lactones) is 1. The molecule has 2 fully saturated rings. The normalized spacial score (nSPS) is 18.6. The fraction of sp³-hybridized carbons (Fsp3) is 0.302. The molecule has 0 radical (unpaired) electrons. The minimum Gasteiger partial charge on any atom is -0.460 e. The van der Waals surface area contributed by atoms with Crippen molar-refractivity contribution in [3.63, 3.8) is 0 Å². The predicted molar refractivity (Wildman–Crippen MR) is 304 cm³/mol. The number of nitrogens with one attached hydrogen (secondary N) is 4. The van der Waals surface area contributed by atoms with Crippen LogP contribution in [0.1, 0.15) is 92.7 Å². The van der Waals surface area contributed by atoms with Crippen molar-refractivity contribution in [2.45, 2.75) is 98.1 Å². The van der Waals surface area contributed by atoms with Crippen molar-refractivity contribution < 1.29 is 38.2 Å². The maximum Gasteiger partial charge on any atom is 0.326 e. The molecular formula is C63H66N4O8S2. The van der Waals surface area contributed by atoms with E-state index in [4.69, 9.17) is 9.47 Å². The van der Waals surface area contributed by atoms with E-state index < -0.39 is 80.9 Å². The summed E-state index contributed by atoms with van der Waals surface area (Å²) in [6, 6.07) is 58.1. The third-order valence-corrected chi connectivity index (χ3v) is 16.7. The molecule has 1 aliphatic carbocycles. The Labute approximate surface area is 460 Å². The maximum absolute atomic E-state index is 14.8. The number of carbonyl (C=O) groups is 6. The van der Waals surface area contributed by atoms with Crippen molar-refractivity contribution in [3.05, 3.63) is 228 Å². The molecular weight excluding hydrogens is 1000 g/mol. The molecule has 14 heteroatoms. The van der Waals surface area contributed by atoms with Crippen molar-refractivity contribution >= 4 is 59.1 Å². The maximum atomic E-state index is 14.8. The van der Waals surface area contributed by atoms with Gasteiger partial charge in [0, 0.05) is 12.2 Å². The van der Waals surface area contributed by atoms with E-state index in [0.29, 0.717) is 25.0 Å². The van der Waals surface area contributed by atoms with Crippen molar-refractivity contribution in [1.82, 2.24) is 21.3 Å². The van der Waals surface area contributed by atoms with Crippen LogP contribution in [-0.2, 0) is 47.7 Å². The number of benzene rings is 6. The molecule has 0 bridgehead atoms. The van der Waals surface area contributed by atoms with Crippen LogP contribution in [-0.4, -0.2) is 82.9 Å². The molecule has 2 aliphatic rings. The molecule has 6 aromatic carbocycles. The Morgan fingerprint density at radius 2 is 1.05 bits per heavy atom.